The van der Waals surface area contributed by atoms with E-state index in [1.54, 1.807) is 64.0 Å². The smallest absolute Gasteiger partial charge is 0.338 e. The maximum atomic E-state index is 13.7. The maximum absolute atomic E-state index is 13.7. The molecule has 1 aromatic heterocycles. The minimum Gasteiger partial charge on any atom is -0.497 e. The van der Waals surface area contributed by atoms with Crippen LogP contribution in [0.25, 0.3) is 6.08 Å². The number of benzene rings is 2. The van der Waals surface area contributed by atoms with Crippen molar-refractivity contribution in [2.24, 2.45) is 4.99 Å². The van der Waals surface area contributed by atoms with Gasteiger partial charge in [-0.05, 0) is 43.7 Å². The summed E-state index contributed by atoms with van der Waals surface area (Å²) in [5.74, 6) is 1.25. The highest BCUT2D eigenvalue weighted by Crippen LogP contribution is 2.33. The number of aromatic nitrogens is 1. The third-order valence-corrected chi connectivity index (χ3v) is 6.65. The largest absolute Gasteiger partial charge is 0.497 e. The van der Waals surface area contributed by atoms with Crippen LogP contribution in [0, 0.1) is 0 Å². The van der Waals surface area contributed by atoms with Gasteiger partial charge < -0.3 is 18.9 Å². The van der Waals surface area contributed by atoms with E-state index in [0.717, 1.165) is 5.56 Å². The number of esters is 1. The average Bonchev–Trinajstić information content (AvgIpc) is 3.17. The van der Waals surface area contributed by atoms with Crippen LogP contribution in [0.1, 0.15) is 31.0 Å². The minimum absolute atomic E-state index is 0.213. The Morgan fingerprint density at radius 2 is 1.83 bits per heavy atom. The quantitative estimate of drug-likeness (QED) is 0.470. The molecule has 0 fully saturated rings. The topological polar surface area (TPSA) is 88.4 Å². The first-order chi connectivity index (χ1) is 16.9. The van der Waals surface area contributed by atoms with Crippen LogP contribution in [0.15, 0.2) is 63.5 Å². The monoisotopic (exact) mass is 494 g/mol. The summed E-state index contributed by atoms with van der Waals surface area (Å²) >= 11 is 1.25. The molecule has 8 nitrogen and oxygen atoms in total. The first-order valence-corrected chi connectivity index (χ1v) is 11.8. The molecule has 2 heterocycles. The summed E-state index contributed by atoms with van der Waals surface area (Å²) in [6.45, 7) is 3.71. The van der Waals surface area contributed by atoms with Crippen molar-refractivity contribution in [1.29, 1.82) is 0 Å². The summed E-state index contributed by atoms with van der Waals surface area (Å²) in [4.78, 5) is 31.8. The van der Waals surface area contributed by atoms with Crippen LogP contribution in [0.2, 0.25) is 0 Å². The van der Waals surface area contributed by atoms with E-state index in [2.05, 4.69) is 4.99 Å². The number of rotatable bonds is 7. The van der Waals surface area contributed by atoms with Gasteiger partial charge in [0.05, 0.1) is 49.8 Å². The lowest BCUT2D eigenvalue weighted by Gasteiger charge is -2.24. The summed E-state index contributed by atoms with van der Waals surface area (Å²) in [7, 11) is 4.69. The van der Waals surface area contributed by atoms with Crippen molar-refractivity contribution >= 4 is 23.4 Å². The summed E-state index contributed by atoms with van der Waals surface area (Å²) in [5.41, 5.74) is 2.01. The summed E-state index contributed by atoms with van der Waals surface area (Å²) in [5, 5.41) is 0. The third-order valence-electron chi connectivity index (χ3n) is 5.67. The zero-order valence-electron chi connectivity index (χ0n) is 20.2. The van der Waals surface area contributed by atoms with Crippen molar-refractivity contribution in [2.45, 2.75) is 19.9 Å². The Labute approximate surface area is 206 Å². The number of nitrogens with zero attached hydrogens (tertiary/aromatic N) is 2. The van der Waals surface area contributed by atoms with Crippen molar-refractivity contribution in [1.82, 2.24) is 4.57 Å². The molecule has 0 saturated heterocycles. The number of allylic oxidation sites excluding steroid dienone is 1. The second-order valence-electron chi connectivity index (χ2n) is 7.66. The average molecular weight is 495 g/mol. The highest BCUT2D eigenvalue weighted by Gasteiger charge is 2.33. The molecule has 9 heteroatoms. The maximum Gasteiger partial charge on any atom is 0.338 e. The van der Waals surface area contributed by atoms with E-state index in [1.165, 1.54) is 11.3 Å². The Bertz CT molecular complexity index is 1470. The van der Waals surface area contributed by atoms with Gasteiger partial charge in [0.1, 0.15) is 5.75 Å². The van der Waals surface area contributed by atoms with E-state index in [4.69, 9.17) is 18.9 Å². The van der Waals surface area contributed by atoms with E-state index < -0.39 is 12.0 Å². The summed E-state index contributed by atoms with van der Waals surface area (Å²) in [6.07, 6.45) is 1.75. The SMILES string of the molecule is CCOC(=O)C1=C(C)N=c2s/c(=C\c3cccc(OC)c3OC)c(=O)n2[C@H]1c1ccc(OC)cc1. The van der Waals surface area contributed by atoms with Gasteiger partial charge in [0.15, 0.2) is 16.3 Å². The van der Waals surface area contributed by atoms with Crippen LogP contribution in [-0.4, -0.2) is 38.5 Å². The van der Waals surface area contributed by atoms with Crippen LogP contribution in [-0.2, 0) is 9.53 Å². The molecule has 1 atom stereocenters. The van der Waals surface area contributed by atoms with Gasteiger partial charge in [-0.3, -0.25) is 9.36 Å². The molecule has 0 aliphatic carbocycles. The van der Waals surface area contributed by atoms with Crippen molar-refractivity contribution in [3.63, 3.8) is 0 Å². The van der Waals surface area contributed by atoms with Gasteiger partial charge in [-0.2, -0.15) is 0 Å². The second-order valence-corrected chi connectivity index (χ2v) is 8.67. The molecular weight excluding hydrogens is 468 g/mol. The Morgan fingerprint density at radius 1 is 1.09 bits per heavy atom. The lowest BCUT2D eigenvalue weighted by Crippen LogP contribution is -2.39. The van der Waals surface area contributed by atoms with E-state index >= 15 is 0 Å². The number of carbonyl (C=O) groups excluding carboxylic acids is 1. The van der Waals surface area contributed by atoms with Crippen molar-refractivity contribution in [3.05, 3.63) is 84.5 Å². The van der Waals surface area contributed by atoms with Crippen LogP contribution in [0.4, 0.5) is 0 Å². The lowest BCUT2D eigenvalue weighted by molar-refractivity contribution is -0.139. The Kier molecular flexibility index (Phi) is 7.07. The molecule has 0 spiro atoms. The van der Waals surface area contributed by atoms with Gasteiger partial charge in [-0.1, -0.05) is 35.6 Å². The van der Waals surface area contributed by atoms with Crippen LogP contribution >= 0.6 is 11.3 Å². The highest BCUT2D eigenvalue weighted by atomic mass is 32.1. The first kappa shape index (κ1) is 24.3. The number of hydrogen-bond acceptors (Lipinski definition) is 8. The Hall–Kier alpha value is -3.85. The van der Waals surface area contributed by atoms with Crippen molar-refractivity contribution in [3.8, 4) is 17.2 Å². The van der Waals surface area contributed by atoms with Crippen LogP contribution in [0.5, 0.6) is 17.2 Å². The summed E-state index contributed by atoms with van der Waals surface area (Å²) < 4.78 is 23.5. The van der Waals surface area contributed by atoms with Crippen LogP contribution in [0.3, 0.4) is 0 Å². The van der Waals surface area contributed by atoms with E-state index in [9.17, 15) is 9.59 Å². The molecule has 182 valence electrons. The van der Waals surface area contributed by atoms with Gasteiger partial charge in [-0.15, -0.1) is 0 Å². The number of fused-ring (bicyclic) bond motifs is 1. The molecule has 0 bridgehead atoms. The van der Waals surface area contributed by atoms with Gasteiger partial charge >= 0.3 is 5.97 Å². The fourth-order valence-corrected chi connectivity index (χ4v) is 5.10. The molecule has 2 aromatic carbocycles. The van der Waals surface area contributed by atoms with Gasteiger partial charge in [-0.25, -0.2) is 9.79 Å². The molecule has 0 unspecified atom stereocenters. The molecule has 3 aromatic rings. The molecule has 0 N–H and O–H groups in total. The number of carbonyl (C=O) groups is 1. The lowest BCUT2D eigenvalue weighted by atomic mass is 9.96. The fraction of sp³-hybridized carbons (Fsp3) is 0.269. The zero-order chi connectivity index (χ0) is 25.1. The van der Waals surface area contributed by atoms with Gasteiger partial charge in [0, 0.05) is 5.56 Å². The van der Waals surface area contributed by atoms with E-state index in [0.29, 0.717) is 43.4 Å². The molecule has 1 aliphatic heterocycles. The standard InChI is InChI=1S/C26H26N2O6S/c1-6-34-25(30)21-15(2)27-26-28(22(21)16-10-12-18(31-3)13-11-16)24(29)20(35-26)14-17-8-7-9-19(32-4)23(17)33-5/h7-14,22H,6H2,1-5H3/b20-14-/t22-/m0/s1. The molecule has 0 radical (unpaired) electrons. The predicted octanol–water partition coefficient (Wildman–Crippen LogP) is 2.82. The first-order valence-electron chi connectivity index (χ1n) is 11.0. The van der Waals surface area contributed by atoms with Crippen LogP contribution < -0.4 is 29.1 Å². The highest BCUT2D eigenvalue weighted by molar-refractivity contribution is 7.07. The number of para-hydroxylation sites is 1. The fourth-order valence-electron chi connectivity index (χ4n) is 4.06. The third kappa shape index (κ3) is 4.46. The predicted molar refractivity (Wildman–Crippen MR) is 133 cm³/mol. The zero-order valence-corrected chi connectivity index (χ0v) is 21.0. The normalized spacial score (nSPS) is 15.3. The second kappa shape index (κ2) is 10.2. The number of ether oxygens (including phenoxy) is 4. The Morgan fingerprint density at radius 3 is 2.46 bits per heavy atom. The molecular formula is C26H26N2O6S. The number of thiazole rings is 1. The number of methoxy groups -OCH3 is 3. The van der Waals surface area contributed by atoms with E-state index in [-0.39, 0.29) is 12.2 Å². The van der Waals surface area contributed by atoms with Crippen molar-refractivity contribution in [2.75, 3.05) is 27.9 Å². The van der Waals surface area contributed by atoms with Crippen molar-refractivity contribution < 1.29 is 23.7 Å². The van der Waals surface area contributed by atoms with E-state index in [1.807, 2.05) is 24.3 Å². The molecule has 0 saturated carbocycles. The molecule has 1 aliphatic rings. The minimum atomic E-state index is -0.689. The van der Waals surface area contributed by atoms with Gasteiger partial charge in [0.2, 0.25) is 0 Å². The molecule has 4 rings (SSSR count). The Balaban J connectivity index is 1.96. The molecule has 35 heavy (non-hydrogen) atoms. The number of hydrogen-bond donors (Lipinski definition) is 0. The summed E-state index contributed by atoms with van der Waals surface area (Å²) in [6, 6.07) is 12.0. The molecule has 0 amide bonds. The van der Waals surface area contributed by atoms with Gasteiger partial charge in [0.25, 0.3) is 5.56 Å².